The highest BCUT2D eigenvalue weighted by atomic mass is 35.5. The quantitative estimate of drug-likeness (QED) is 0.313. The zero-order valence-electron chi connectivity index (χ0n) is 21.6. The Kier molecular flexibility index (Phi) is 7.26. The number of halogens is 3. The predicted molar refractivity (Wildman–Crippen MR) is 147 cm³/mol. The van der Waals surface area contributed by atoms with Gasteiger partial charge < -0.3 is 0 Å². The molecule has 0 spiro atoms. The number of hydrogen-bond donors (Lipinski definition) is 0. The Hall–Kier alpha value is -2.55. The second-order valence-electron chi connectivity index (χ2n) is 10.8. The van der Waals surface area contributed by atoms with Gasteiger partial charge in [-0.1, -0.05) is 30.7 Å². The van der Waals surface area contributed by atoms with Crippen molar-refractivity contribution in [2.75, 3.05) is 13.1 Å². The van der Waals surface area contributed by atoms with E-state index in [0.29, 0.717) is 19.0 Å². The Morgan fingerprint density at radius 3 is 2.61 bits per heavy atom. The number of allylic oxidation sites excluding steroid dienone is 5. The lowest BCUT2D eigenvalue weighted by atomic mass is 9.70. The molecule has 0 saturated heterocycles. The number of nitrogens with zero attached hydrogens (tertiary/aromatic N) is 3. The van der Waals surface area contributed by atoms with E-state index in [0.717, 1.165) is 55.1 Å². The summed E-state index contributed by atoms with van der Waals surface area (Å²) in [5, 5.41) is 4.34. The molecule has 5 rings (SSSR count). The summed E-state index contributed by atoms with van der Waals surface area (Å²) >= 11 is 5.97. The molecule has 1 heterocycles. The second-order valence-corrected chi connectivity index (χ2v) is 13.2. The van der Waals surface area contributed by atoms with E-state index < -0.39 is 15.9 Å². The van der Waals surface area contributed by atoms with Gasteiger partial charge in [0.1, 0.15) is 11.6 Å². The van der Waals surface area contributed by atoms with Gasteiger partial charge in [0.05, 0.1) is 27.5 Å². The van der Waals surface area contributed by atoms with Crippen LogP contribution >= 0.6 is 11.6 Å². The molecule has 0 aliphatic heterocycles. The molecule has 1 aromatic heterocycles. The molecule has 9 heteroatoms. The summed E-state index contributed by atoms with van der Waals surface area (Å²) in [5.41, 5.74) is 3.94. The summed E-state index contributed by atoms with van der Waals surface area (Å²) < 4.78 is 58.0. The maximum Gasteiger partial charge on any atom is 0.243 e. The first-order chi connectivity index (χ1) is 18.0. The van der Waals surface area contributed by atoms with E-state index in [1.165, 1.54) is 30.7 Å². The van der Waals surface area contributed by atoms with E-state index >= 15 is 0 Å². The largest absolute Gasteiger partial charge is 0.243 e. The maximum atomic E-state index is 13.7. The van der Waals surface area contributed by atoms with Crippen molar-refractivity contribution in [1.82, 2.24) is 14.1 Å². The number of aromatic nitrogens is 2. The molecule has 0 bridgehead atoms. The molecule has 202 valence electrons. The molecule has 5 nitrogen and oxygen atoms in total. The summed E-state index contributed by atoms with van der Waals surface area (Å²) in [7, 11) is -3.92. The fourth-order valence-electron chi connectivity index (χ4n) is 5.73. The van der Waals surface area contributed by atoms with Crippen LogP contribution in [0.3, 0.4) is 0 Å². The van der Waals surface area contributed by atoms with Gasteiger partial charge in [0, 0.05) is 13.1 Å². The molecule has 3 aliphatic carbocycles. The van der Waals surface area contributed by atoms with Crippen LogP contribution in [0.15, 0.2) is 70.5 Å². The first-order valence-corrected chi connectivity index (χ1v) is 14.7. The van der Waals surface area contributed by atoms with Crippen molar-refractivity contribution in [3.8, 4) is 5.69 Å². The SMILES string of the molecule is C=C/C(=C\C(Cl)=C(/C)F)S(=O)(=O)N(CC1CC1)C[C@H]1CCC2=Cc3c(cnn3-c3ccc(F)cc3)C[C@@]21C. The third-order valence-electron chi connectivity index (χ3n) is 8.24. The normalized spacial score (nSPS) is 24.1. The minimum Gasteiger partial charge on any atom is -0.233 e. The zero-order chi connectivity index (χ0) is 27.2. The van der Waals surface area contributed by atoms with Gasteiger partial charge in [-0.2, -0.15) is 9.40 Å². The van der Waals surface area contributed by atoms with Gasteiger partial charge in [-0.25, -0.2) is 21.9 Å². The Morgan fingerprint density at radius 2 is 1.97 bits per heavy atom. The fourth-order valence-corrected chi connectivity index (χ4v) is 7.47. The molecule has 2 aromatic rings. The van der Waals surface area contributed by atoms with Crippen molar-refractivity contribution in [2.24, 2.45) is 17.3 Å². The van der Waals surface area contributed by atoms with Crippen LogP contribution in [0.2, 0.25) is 0 Å². The van der Waals surface area contributed by atoms with Gasteiger partial charge in [0.15, 0.2) is 0 Å². The second kappa shape index (κ2) is 10.2. The molecule has 0 radical (unpaired) electrons. The van der Waals surface area contributed by atoms with Gasteiger partial charge in [-0.3, -0.25) is 0 Å². The minimum atomic E-state index is -3.92. The topological polar surface area (TPSA) is 55.2 Å². The van der Waals surface area contributed by atoms with Gasteiger partial charge in [-0.15, -0.1) is 0 Å². The van der Waals surface area contributed by atoms with E-state index in [-0.39, 0.29) is 27.1 Å². The molecule has 3 aliphatic rings. The van der Waals surface area contributed by atoms with E-state index in [9.17, 15) is 17.2 Å². The smallest absolute Gasteiger partial charge is 0.233 e. The molecular weight excluding hydrogens is 528 g/mol. The van der Waals surface area contributed by atoms with Crippen LogP contribution in [0.1, 0.15) is 50.8 Å². The number of fused-ring (bicyclic) bond motifs is 2. The lowest BCUT2D eigenvalue weighted by Gasteiger charge is -2.38. The third-order valence-corrected chi connectivity index (χ3v) is 10.5. The lowest BCUT2D eigenvalue weighted by molar-refractivity contribution is 0.218. The lowest BCUT2D eigenvalue weighted by Crippen LogP contribution is -2.42. The van der Waals surface area contributed by atoms with E-state index in [1.54, 1.807) is 16.4 Å². The average molecular weight is 560 g/mol. The van der Waals surface area contributed by atoms with E-state index in [2.05, 4.69) is 24.7 Å². The van der Waals surface area contributed by atoms with Crippen molar-refractivity contribution in [3.05, 3.63) is 87.6 Å². The molecular formula is C29H32ClF2N3O2S. The molecule has 2 atom stereocenters. The highest BCUT2D eigenvalue weighted by Crippen LogP contribution is 2.53. The highest BCUT2D eigenvalue weighted by molar-refractivity contribution is 7.93. The van der Waals surface area contributed by atoms with Gasteiger partial charge in [0.2, 0.25) is 10.0 Å². The Labute approximate surface area is 228 Å². The third kappa shape index (κ3) is 5.06. The van der Waals surface area contributed by atoms with E-state index in [1.807, 2.05) is 10.9 Å². The summed E-state index contributed by atoms with van der Waals surface area (Å²) in [5.74, 6) is -0.504. The standard InChI is InChI=1S/C29H32ClF2N3O2S/c1-4-26(14-27(30)19(2)31)38(36,37)34(17-20-5-6-20)18-23-8-7-22-13-28-21(15-29(22,23)3)16-33-35(28)25-11-9-24(32)10-12-25/h4,9-14,16,20,23H,1,5-8,15,17-18H2,2-3H3/b26-14+,27-19-/t23-,29+/m1/s1. The molecule has 0 N–H and O–H groups in total. The Bertz CT molecular complexity index is 1450. The highest BCUT2D eigenvalue weighted by Gasteiger charge is 2.47. The zero-order valence-corrected chi connectivity index (χ0v) is 23.2. The first kappa shape index (κ1) is 27.0. The van der Waals surface area contributed by atoms with Crippen LogP contribution < -0.4 is 0 Å². The van der Waals surface area contributed by atoms with Crippen LogP contribution in [-0.2, 0) is 16.4 Å². The van der Waals surface area contributed by atoms with Crippen LogP contribution in [0.4, 0.5) is 8.78 Å². The number of sulfonamides is 1. The van der Waals surface area contributed by atoms with Crippen LogP contribution in [0, 0.1) is 23.1 Å². The Morgan fingerprint density at radius 1 is 1.26 bits per heavy atom. The molecule has 0 unspecified atom stereocenters. The summed E-state index contributed by atoms with van der Waals surface area (Å²) in [6.07, 6.45) is 10.9. The number of benzene rings is 1. The van der Waals surface area contributed by atoms with Gasteiger partial charge in [0.25, 0.3) is 0 Å². The van der Waals surface area contributed by atoms with Crippen LogP contribution in [0.25, 0.3) is 11.8 Å². The molecule has 2 fully saturated rings. The van der Waals surface area contributed by atoms with Crippen molar-refractivity contribution in [3.63, 3.8) is 0 Å². The van der Waals surface area contributed by atoms with Gasteiger partial charge in [-0.05, 0) is 104 Å². The number of hydrogen-bond acceptors (Lipinski definition) is 3. The van der Waals surface area contributed by atoms with Crippen molar-refractivity contribution in [2.45, 2.75) is 46.0 Å². The Balaban J connectivity index is 1.44. The molecule has 2 saturated carbocycles. The van der Waals surface area contributed by atoms with Crippen molar-refractivity contribution < 1.29 is 17.2 Å². The summed E-state index contributed by atoms with van der Waals surface area (Å²) in [6.45, 7) is 7.88. The summed E-state index contributed by atoms with van der Waals surface area (Å²) in [4.78, 5) is -0.0921. The van der Waals surface area contributed by atoms with E-state index in [4.69, 9.17) is 11.6 Å². The molecule has 1 aromatic carbocycles. The molecule has 0 amide bonds. The fraction of sp³-hybridized carbons (Fsp3) is 0.414. The predicted octanol–water partition coefficient (Wildman–Crippen LogP) is 6.92. The number of rotatable bonds is 9. The average Bonchev–Trinajstić information content (AvgIpc) is 3.53. The van der Waals surface area contributed by atoms with Crippen molar-refractivity contribution >= 4 is 27.7 Å². The van der Waals surface area contributed by atoms with Crippen molar-refractivity contribution in [1.29, 1.82) is 0 Å². The first-order valence-electron chi connectivity index (χ1n) is 12.9. The minimum absolute atomic E-state index is 0.0921. The summed E-state index contributed by atoms with van der Waals surface area (Å²) in [6, 6.07) is 6.27. The maximum absolute atomic E-state index is 13.7. The monoisotopic (exact) mass is 559 g/mol. The molecule has 38 heavy (non-hydrogen) atoms. The van der Waals surface area contributed by atoms with Crippen LogP contribution in [-0.4, -0.2) is 35.6 Å². The van der Waals surface area contributed by atoms with Crippen LogP contribution in [0.5, 0.6) is 0 Å². The van der Waals surface area contributed by atoms with Gasteiger partial charge >= 0.3 is 0 Å².